The molecule has 27 heavy (non-hydrogen) atoms. The van der Waals surface area contributed by atoms with E-state index in [0.29, 0.717) is 11.3 Å². The summed E-state index contributed by atoms with van der Waals surface area (Å²) in [5.74, 6) is 0.413. The van der Waals surface area contributed by atoms with Gasteiger partial charge in [-0.1, -0.05) is 31.4 Å². The number of hydrogen-bond acceptors (Lipinski definition) is 7. The number of rotatable bonds is 4. The highest BCUT2D eigenvalue weighted by atomic mass is 16.5. The lowest BCUT2D eigenvalue weighted by atomic mass is 9.79. The van der Waals surface area contributed by atoms with Crippen LogP contribution in [0.25, 0.3) is 5.69 Å². The molecule has 8 heteroatoms. The Morgan fingerprint density at radius 1 is 1.15 bits per heavy atom. The number of tetrazole rings is 1. The van der Waals surface area contributed by atoms with E-state index in [4.69, 9.17) is 9.47 Å². The Morgan fingerprint density at radius 3 is 2.63 bits per heavy atom. The Balaban J connectivity index is 1.81. The predicted octanol–water partition coefficient (Wildman–Crippen LogP) is 1.94. The molecule has 1 aliphatic carbocycles. The Hall–Kier alpha value is -2.32. The quantitative estimate of drug-likeness (QED) is 0.760. The van der Waals surface area contributed by atoms with Crippen LogP contribution in [-0.2, 0) is 15.0 Å². The van der Waals surface area contributed by atoms with Gasteiger partial charge in [-0.25, -0.2) is 4.79 Å². The highest BCUT2D eigenvalue weighted by Gasteiger charge is 2.44. The molecule has 0 bridgehead atoms. The smallest absolute Gasteiger partial charge is 0.340 e. The summed E-state index contributed by atoms with van der Waals surface area (Å²) in [5.41, 5.74) is 0.887. The zero-order valence-corrected chi connectivity index (χ0v) is 15.6. The van der Waals surface area contributed by atoms with Crippen molar-refractivity contribution in [2.75, 3.05) is 33.4 Å². The van der Waals surface area contributed by atoms with Crippen LogP contribution in [0.4, 0.5) is 0 Å². The minimum atomic E-state index is -0.392. The van der Waals surface area contributed by atoms with Gasteiger partial charge in [0.25, 0.3) is 0 Å². The minimum absolute atomic E-state index is 0.227. The number of carbonyl (C=O) groups excluding carboxylic acids is 1. The third-order valence-corrected chi connectivity index (χ3v) is 5.72. The number of methoxy groups -OCH3 is 1. The summed E-state index contributed by atoms with van der Waals surface area (Å²) >= 11 is 0. The lowest BCUT2D eigenvalue weighted by Crippen LogP contribution is -2.53. The summed E-state index contributed by atoms with van der Waals surface area (Å²) in [5, 5.41) is 12.7. The van der Waals surface area contributed by atoms with Gasteiger partial charge in [-0.15, -0.1) is 5.10 Å². The molecule has 1 aliphatic heterocycles. The third kappa shape index (κ3) is 3.23. The van der Waals surface area contributed by atoms with Crippen LogP contribution in [0.15, 0.2) is 24.3 Å². The van der Waals surface area contributed by atoms with Gasteiger partial charge in [0, 0.05) is 13.1 Å². The van der Waals surface area contributed by atoms with Gasteiger partial charge >= 0.3 is 5.97 Å². The number of morpholine rings is 1. The molecule has 0 radical (unpaired) electrons. The van der Waals surface area contributed by atoms with Gasteiger partial charge in [0.15, 0.2) is 5.82 Å². The lowest BCUT2D eigenvalue weighted by Gasteiger charge is -2.46. The second-order valence-electron chi connectivity index (χ2n) is 7.11. The number of ether oxygens (including phenoxy) is 2. The standard InChI is InChI=1S/C19H25N5O3/c1-26-17(25)15-7-3-4-8-16(15)24-18(20-21-22-24)19(9-5-2-6-10-19)23-11-13-27-14-12-23/h3-4,7-8H,2,5-6,9-14H2,1H3. The van der Waals surface area contributed by atoms with E-state index < -0.39 is 5.97 Å². The second-order valence-corrected chi connectivity index (χ2v) is 7.11. The van der Waals surface area contributed by atoms with Crippen molar-refractivity contribution < 1.29 is 14.3 Å². The number of hydrogen-bond donors (Lipinski definition) is 0. The Bertz CT molecular complexity index is 794. The Kier molecular flexibility index (Phi) is 5.18. The van der Waals surface area contributed by atoms with Crippen molar-refractivity contribution in [3.05, 3.63) is 35.7 Å². The first-order valence-corrected chi connectivity index (χ1v) is 9.56. The molecule has 2 aromatic rings. The average Bonchev–Trinajstić information content (AvgIpc) is 3.24. The molecule has 8 nitrogen and oxygen atoms in total. The maximum atomic E-state index is 12.3. The Labute approximate surface area is 158 Å². The topological polar surface area (TPSA) is 82.4 Å². The van der Waals surface area contributed by atoms with Crippen LogP contribution < -0.4 is 0 Å². The molecule has 0 unspecified atom stereocenters. The molecular formula is C19H25N5O3. The van der Waals surface area contributed by atoms with E-state index in [1.54, 1.807) is 10.7 Å². The third-order valence-electron chi connectivity index (χ3n) is 5.72. The monoisotopic (exact) mass is 371 g/mol. The van der Waals surface area contributed by atoms with Gasteiger partial charge in [0.2, 0.25) is 0 Å². The fourth-order valence-corrected chi connectivity index (χ4v) is 4.39. The number of carbonyl (C=O) groups is 1. The number of aromatic nitrogens is 4. The first-order valence-electron chi connectivity index (χ1n) is 9.56. The van der Waals surface area contributed by atoms with Gasteiger partial charge < -0.3 is 9.47 Å². The van der Waals surface area contributed by atoms with Crippen LogP contribution in [0, 0.1) is 0 Å². The van der Waals surface area contributed by atoms with E-state index >= 15 is 0 Å². The van der Waals surface area contributed by atoms with Crippen LogP contribution in [-0.4, -0.2) is 64.5 Å². The van der Waals surface area contributed by atoms with Gasteiger partial charge in [0.1, 0.15) is 0 Å². The van der Waals surface area contributed by atoms with Crippen molar-refractivity contribution >= 4 is 5.97 Å². The van der Waals surface area contributed by atoms with Gasteiger partial charge in [0.05, 0.1) is 37.1 Å². The molecule has 1 saturated heterocycles. The molecule has 0 N–H and O–H groups in total. The Morgan fingerprint density at radius 2 is 1.89 bits per heavy atom. The number of benzene rings is 1. The largest absolute Gasteiger partial charge is 0.465 e. The molecule has 1 aromatic heterocycles. The van der Waals surface area contributed by atoms with Crippen molar-refractivity contribution in [2.24, 2.45) is 0 Å². The first-order chi connectivity index (χ1) is 13.3. The van der Waals surface area contributed by atoms with Crippen molar-refractivity contribution in [3.8, 4) is 5.69 Å². The molecule has 4 rings (SSSR count). The fourth-order valence-electron chi connectivity index (χ4n) is 4.39. The number of nitrogens with zero attached hydrogens (tertiary/aromatic N) is 5. The summed E-state index contributed by atoms with van der Waals surface area (Å²) in [6.45, 7) is 3.18. The molecule has 0 atom stereocenters. The molecule has 144 valence electrons. The molecule has 2 fully saturated rings. The van der Waals surface area contributed by atoms with Crippen molar-refractivity contribution in [3.63, 3.8) is 0 Å². The van der Waals surface area contributed by atoms with Crippen LogP contribution in [0.3, 0.4) is 0 Å². The normalized spacial score (nSPS) is 20.3. The van der Waals surface area contributed by atoms with E-state index in [0.717, 1.165) is 57.8 Å². The van der Waals surface area contributed by atoms with Crippen molar-refractivity contribution in [2.45, 2.75) is 37.6 Å². The minimum Gasteiger partial charge on any atom is -0.465 e. The van der Waals surface area contributed by atoms with Crippen LogP contribution >= 0.6 is 0 Å². The fraction of sp³-hybridized carbons (Fsp3) is 0.579. The maximum Gasteiger partial charge on any atom is 0.340 e. The molecule has 0 amide bonds. The van der Waals surface area contributed by atoms with Crippen molar-refractivity contribution in [1.82, 2.24) is 25.1 Å². The molecular weight excluding hydrogens is 346 g/mol. The van der Waals surface area contributed by atoms with E-state index in [2.05, 4.69) is 20.4 Å². The van der Waals surface area contributed by atoms with Crippen molar-refractivity contribution in [1.29, 1.82) is 0 Å². The predicted molar refractivity (Wildman–Crippen MR) is 97.6 cm³/mol. The van der Waals surface area contributed by atoms with E-state index in [-0.39, 0.29) is 5.54 Å². The summed E-state index contributed by atoms with van der Waals surface area (Å²) in [6.07, 6.45) is 5.53. The number of para-hydroxylation sites is 1. The number of esters is 1. The molecule has 2 heterocycles. The lowest BCUT2D eigenvalue weighted by molar-refractivity contribution is -0.0451. The van der Waals surface area contributed by atoms with Crippen LogP contribution in [0.1, 0.15) is 48.3 Å². The highest BCUT2D eigenvalue weighted by molar-refractivity contribution is 5.93. The average molecular weight is 371 g/mol. The van der Waals surface area contributed by atoms with E-state index in [9.17, 15) is 4.79 Å². The SMILES string of the molecule is COC(=O)c1ccccc1-n1nnnc1C1(N2CCOCC2)CCCCC1. The van der Waals surface area contributed by atoms with Gasteiger partial charge in [-0.3, -0.25) is 4.90 Å². The van der Waals surface area contributed by atoms with Gasteiger partial charge in [-0.2, -0.15) is 4.68 Å². The molecule has 2 aliphatic rings. The molecule has 1 aromatic carbocycles. The summed E-state index contributed by atoms with van der Waals surface area (Å²) in [4.78, 5) is 14.7. The maximum absolute atomic E-state index is 12.3. The molecule has 0 spiro atoms. The van der Waals surface area contributed by atoms with Crippen LogP contribution in [0.2, 0.25) is 0 Å². The second kappa shape index (κ2) is 7.74. The molecule has 1 saturated carbocycles. The summed E-state index contributed by atoms with van der Waals surface area (Å²) < 4.78 is 12.3. The van der Waals surface area contributed by atoms with E-state index in [1.165, 1.54) is 13.5 Å². The zero-order chi connectivity index (χ0) is 18.7. The summed E-state index contributed by atoms with van der Waals surface area (Å²) in [7, 11) is 1.38. The van der Waals surface area contributed by atoms with Crippen LogP contribution in [0.5, 0.6) is 0 Å². The summed E-state index contributed by atoms with van der Waals surface area (Å²) in [6, 6.07) is 7.31. The van der Waals surface area contributed by atoms with E-state index in [1.807, 2.05) is 18.2 Å². The zero-order valence-electron chi connectivity index (χ0n) is 15.6. The first kappa shape index (κ1) is 18.1. The highest BCUT2D eigenvalue weighted by Crippen LogP contribution is 2.42. The van der Waals surface area contributed by atoms with Gasteiger partial charge in [-0.05, 0) is 35.4 Å².